The topological polar surface area (TPSA) is 191 Å². The number of aliphatic carboxylic acids is 1. The first kappa shape index (κ1) is 34.0. The number of carboxylic acid groups (broad SMARTS) is 1. The predicted octanol–water partition coefficient (Wildman–Crippen LogP) is 1.10. The summed E-state index contributed by atoms with van der Waals surface area (Å²) >= 11 is 0. The SMILES string of the molecule is CC(C)[C@H](NC(=O)[C@H](C)N)C(=O)N1CCC[C@H]1C(=O)N[C@@H](CCc1ccccc1)C(=O)N[C@@H](Cc1ccc(O)cc1)C(=O)O. The molecule has 1 aliphatic rings. The average Bonchev–Trinajstić information content (AvgIpc) is 3.48. The van der Waals surface area contributed by atoms with Crippen LogP contribution in [0.25, 0.3) is 0 Å². The molecule has 0 spiro atoms. The Balaban J connectivity index is 1.78. The van der Waals surface area contributed by atoms with Crippen molar-refractivity contribution in [3.05, 3.63) is 65.7 Å². The first-order chi connectivity index (χ1) is 20.9. The summed E-state index contributed by atoms with van der Waals surface area (Å²) in [7, 11) is 0. The fourth-order valence-corrected chi connectivity index (χ4v) is 5.11. The van der Waals surface area contributed by atoms with Crippen LogP contribution in [-0.2, 0) is 36.8 Å². The van der Waals surface area contributed by atoms with Crippen LogP contribution in [0.5, 0.6) is 5.75 Å². The van der Waals surface area contributed by atoms with Crippen molar-refractivity contribution in [2.24, 2.45) is 11.7 Å². The second-order valence-corrected chi connectivity index (χ2v) is 11.6. The number of nitrogens with one attached hydrogen (secondary N) is 3. The van der Waals surface area contributed by atoms with E-state index in [1.165, 1.54) is 24.0 Å². The first-order valence-electron chi connectivity index (χ1n) is 14.9. The number of aromatic hydroxyl groups is 1. The molecule has 0 radical (unpaired) electrons. The Morgan fingerprint density at radius 2 is 1.55 bits per heavy atom. The van der Waals surface area contributed by atoms with Crippen LogP contribution in [-0.4, -0.2) is 81.5 Å². The molecule has 5 atom stereocenters. The number of hydrogen-bond donors (Lipinski definition) is 6. The van der Waals surface area contributed by atoms with E-state index in [0.29, 0.717) is 31.4 Å². The van der Waals surface area contributed by atoms with E-state index >= 15 is 0 Å². The minimum Gasteiger partial charge on any atom is -0.508 e. The summed E-state index contributed by atoms with van der Waals surface area (Å²) in [6, 6.07) is 10.4. The lowest BCUT2D eigenvalue weighted by Crippen LogP contribution is -2.59. The van der Waals surface area contributed by atoms with Gasteiger partial charge in [0.2, 0.25) is 23.6 Å². The van der Waals surface area contributed by atoms with Gasteiger partial charge in [0.15, 0.2) is 0 Å². The molecule has 238 valence electrons. The van der Waals surface area contributed by atoms with Gasteiger partial charge in [0, 0.05) is 13.0 Å². The van der Waals surface area contributed by atoms with Crippen LogP contribution in [0.15, 0.2) is 54.6 Å². The number of nitrogens with zero attached hydrogens (tertiary/aromatic N) is 1. The summed E-state index contributed by atoms with van der Waals surface area (Å²) in [5.41, 5.74) is 7.21. The molecule has 44 heavy (non-hydrogen) atoms. The van der Waals surface area contributed by atoms with Crippen molar-refractivity contribution in [3.8, 4) is 5.75 Å². The van der Waals surface area contributed by atoms with Crippen LogP contribution in [0.3, 0.4) is 0 Å². The Kier molecular flexibility index (Phi) is 12.3. The van der Waals surface area contributed by atoms with Crippen molar-refractivity contribution in [1.82, 2.24) is 20.9 Å². The molecule has 1 saturated heterocycles. The number of carboxylic acids is 1. The number of phenols is 1. The Hall–Kier alpha value is -4.45. The van der Waals surface area contributed by atoms with Crippen LogP contribution in [0, 0.1) is 5.92 Å². The zero-order chi connectivity index (χ0) is 32.4. The van der Waals surface area contributed by atoms with Gasteiger partial charge in [-0.1, -0.05) is 56.3 Å². The van der Waals surface area contributed by atoms with Crippen molar-refractivity contribution in [1.29, 1.82) is 0 Å². The maximum absolute atomic E-state index is 13.6. The molecule has 1 heterocycles. The molecular formula is C32H43N5O7. The second-order valence-electron chi connectivity index (χ2n) is 11.6. The highest BCUT2D eigenvalue weighted by molar-refractivity contribution is 5.95. The summed E-state index contributed by atoms with van der Waals surface area (Å²) in [5, 5.41) is 27.4. The number of likely N-dealkylation sites (tertiary alicyclic amines) is 1. The quantitative estimate of drug-likeness (QED) is 0.183. The Morgan fingerprint density at radius 3 is 2.14 bits per heavy atom. The van der Waals surface area contributed by atoms with E-state index < -0.39 is 59.8 Å². The number of rotatable bonds is 14. The zero-order valence-electron chi connectivity index (χ0n) is 25.4. The van der Waals surface area contributed by atoms with Crippen LogP contribution < -0.4 is 21.7 Å². The normalized spacial score (nSPS) is 17.3. The van der Waals surface area contributed by atoms with E-state index in [4.69, 9.17) is 5.73 Å². The van der Waals surface area contributed by atoms with Gasteiger partial charge in [-0.15, -0.1) is 0 Å². The van der Waals surface area contributed by atoms with Crippen molar-refractivity contribution < 1.29 is 34.2 Å². The van der Waals surface area contributed by atoms with E-state index in [2.05, 4.69) is 16.0 Å². The zero-order valence-corrected chi connectivity index (χ0v) is 25.4. The number of carbonyl (C=O) groups excluding carboxylic acids is 4. The summed E-state index contributed by atoms with van der Waals surface area (Å²) in [5.74, 6) is -3.56. The van der Waals surface area contributed by atoms with Gasteiger partial charge in [0.1, 0.15) is 29.9 Å². The summed E-state index contributed by atoms with van der Waals surface area (Å²) < 4.78 is 0. The molecule has 2 aromatic carbocycles. The lowest BCUT2D eigenvalue weighted by Gasteiger charge is -2.31. The van der Waals surface area contributed by atoms with Crippen molar-refractivity contribution in [2.75, 3.05) is 6.54 Å². The molecule has 0 aromatic heterocycles. The third kappa shape index (κ3) is 9.53. The number of hydrogen-bond acceptors (Lipinski definition) is 7. The lowest BCUT2D eigenvalue weighted by molar-refractivity contribution is -0.144. The van der Waals surface area contributed by atoms with Crippen molar-refractivity contribution in [3.63, 3.8) is 0 Å². The third-order valence-corrected chi connectivity index (χ3v) is 7.67. The van der Waals surface area contributed by atoms with E-state index in [1.54, 1.807) is 26.0 Å². The Labute approximate surface area is 257 Å². The minimum absolute atomic E-state index is 0.0313. The number of phenolic OH excluding ortho intramolecular Hbond substituents is 1. The second kappa shape index (κ2) is 15.9. The van der Waals surface area contributed by atoms with Gasteiger partial charge in [0.05, 0.1) is 6.04 Å². The van der Waals surface area contributed by atoms with E-state index in [9.17, 15) is 34.2 Å². The highest BCUT2D eigenvalue weighted by Gasteiger charge is 2.40. The maximum Gasteiger partial charge on any atom is 0.326 e. The predicted molar refractivity (Wildman–Crippen MR) is 163 cm³/mol. The van der Waals surface area contributed by atoms with Gasteiger partial charge in [-0.25, -0.2) is 4.79 Å². The molecule has 4 amide bonds. The number of benzene rings is 2. The van der Waals surface area contributed by atoms with Gasteiger partial charge >= 0.3 is 5.97 Å². The molecule has 12 nitrogen and oxygen atoms in total. The molecule has 3 rings (SSSR count). The number of amides is 4. The fraction of sp³-hybridized carbons (Fsp3) is 0.469. The lowest BCUT2D eigenvalue weighted by atomic mass is 10.0. The third-order valence-electron chi connectivity index (χ3n) is 7.67. The van der Waals surface area contributed by atoms with Crippen LogP contribution >= 0.6 is 0 Å². The minimum atomic E-state index is -1.28. The van der Waals surface area contributed by atoms with E-state index in [0.717, 1.165) is 5.56 Å². The standard InChI is InChI=1S/C32H43N5O7/c1-19(2)27(36-28(39)20(3)33)31(42)37-17-7-10-26(37)30(41)34-24(16-13-21-8-5-4-6-9-21)29(40)35-25(32(43)44)18-22-11-14-23(38)15-12-22/h4-6,8-9,11-12,14-15,19-20,24-27,38H,7,10,13,16-18,33H2,1-3H3,(H,34,41)(H,35,40)(H,36,39)(H,43,44)/t20-,24-,25-,26-,27-/m0/s1. The van der Waals surface area contributed by atoms with E-state index in [-0.39, 0.29) is 24.5 Å². The molecule has 1 aliphatic heterocycles. The van der Waals surface area contributed by atoms with Gasteiger partial charge < -0.3 is 36.8 Å². The number of nitrogens with two attached hydrogens (primary N) is 1. The van der Waals surface area contributed by atoms with Crippen LogP contribution in [0.4, 0.5) is 0 Å². The van der Waals surface area contributed by atoms with Crippen LogP contribution in [0.2, 0.25) is 0 Å². The van der Waals surface area contributed by atoms with Crippen LogP contribution in [0.1, 0.15) is 51.2 Å². The van der Waals surface area contributed by atoms with Crippen molar-refractivity contribution in [2.45, 2.75) is 83.1 Å². The van der Waals surface area contributed by atoms with Gasteiger partial charge in [-0.2, -0.15) is 0 Å². The molecule has 12 heteroatoms. The smallest absolute Gasteiger partial charge is 0.326 e. The van der Waals surface area contributed by atoms with Gasteiger partial charge in [0.25, 0.3) is 0 Å². The number of aryl methyl sites for hydroxylation is 1. The molecule has 2 aromatic rings. The molecule has 0 saturated carbocycles. The average molecular weight is 610 g/mol. The molecule has 1 fully saturated rings. The Morgan fingerprint density at radius 1 is 0.886 bits per heavy atom. The monoisotopic (exact) mass is 609 g/mol. The molecular weight excluding hydrogens is 566 g/mol. The fourth-order valence-electron chi connectivity index (χ4n) is 5.11. The Bertz CT molecular complexity index is 1300. The highest BCUT2D eigenvalue weighted by Crippen LogP contribution is 2.21. The summed E-state index contributed by atoms with van der Waals surface area (Å²) in [6.45, 7) is 5.40. The van der Waals surface area contributed by atoms with E-state index in [1.807, 2.05) is 30.3 Å². The van der Waals surface area contributed by atoms with Gasteiger partial charge in [-0.05, 0) is 61.8 Å². The largest absolute Gasteiger partial charge is 0.508 e. The highest BCUT2D eigenvalue weighted by atomic mass is 16.4. The summed E-state index contributed by atoms with van der Waals surface area (Å²) in [4.78, 5) is 66.4. The van der Waals surface area contributed by atoms with Crippen molar-refractivity contribution >= 4 is 29.6 Å². The number of carbonyl (C=O) groups is 5. The molecule has 7 N–H and O–H groups in total. The molecule has 0 bridgehead atoms. The summed E-state index contributed by atoms with van der Waals surface area (Å²) in [6.07, 6.45) is 1.52. The molecule has 0 unspecified atom stereocenters. The molecule has 0 aliphatic carbocycles. The maximum atomic E-state index is 13.6. The van der Waals surface area contributed by atoms with Gasteiger partial charge in [-0.3, -0.25) is 19.2 Å². The first-order valence-corrected chi connectivity index (χ1v) is 14.9.